The topological polar surface area (TPSA) is 98.2 Å². The molecule has 5 rings (SSSR count). The van der Waals surface area contributed by atoms with Crippen molar-refractivity contribution in [3.63, 3.8) is 0 Å². The summed E-state index contributed by atoms with van der Waals surface area (Å²) in [6, 6.07) is 13.8. The molecule has 2 aromatic heterocycles. The highest BCUT2D eigenvalue weighted by atomic mass is 16.5. The van der Waals surface area contributed by atoms with E-state index in [2.05, 4.69) is 78.2 Å². The van der Waals surface area contributed by atoms with E-state index in [-0.39, 0.29) is 17.2 Å². The van der Waals surface area contributed by atoms with E-state index in [0.29, 0.717) is 31.1 Å². The van der Waals surface area contributed by atoms with E-state index in [0.717, 1.165) is 47.2 Å². The minimum absolute atomic E-state index is 0.0635. The molecule has 3 heterocycles. The second kappa shape index (κ2) is 11.5. The van der Waals surface area contributed by atoms with Gasteiger partial charge in [0.2, 0.25) is 0 Å². The van der Waals surface area contributed by atoms with Crippen LogP contribution in [-0.4, -0.2) is 56.0 Å². The maximum atomic E-state index is 13.8. The second-order valence-corrected chi connectivity index (χ2v) is 11.7. The van der Waals surface area contributed by atoms with Gasteiger partial charge in [0, 0.05) is 30.8 Å². The zero-order chi connectivity index (χ0) is 28.4. The number of tetrazole rings is 1. The number of aryl methyl sites for hydroxylation is 2. The number of H-pyrrole nitrogens is 1. The number of fused-ring (bicyclic) bond motifs is 1. The van der Waals surface area contributed by atoms with Crippen LogP contribution in [0.5, 0.6) is 5.75 Å². The molecule has 0 aliphatic carbocycles. The number of hydrogen-bond donors (Lipinski definition) is 1. The van der Waals surface area contributed by atoms with Crippen LogP contribution in [0, 0.1) is 13.8 Å². The number of benzene rings is 2. The molecule has 0 amide bonds. The van der Waals surface area contributed by atoms with Gasteiger partial charge in [-0.3, -0.25) is 9.69 Å². The summed E-state index contributed by atoms with van der Waals surface area (Å²) in [5, 5.41) is 14.0. The highest BCUT2D eigenvalue weighted by Gasteiger charge is 2.35. The summed E-state index contributed by atoms with van der Waals surface area (Å²) in [7, 11) is 0. The van der Waals surface area contributed by atoms with Crippen LogP contribution in [0.2, 0.25) is 0 Å². The molecule has 1 N–H and O–H groups in total. The van der Waals surface area contributed by atoms with E-state index in [1.165, 1.54) is 5.56 Å². The molecule has 212 valence electrons. The number of ether oxygens (including phenoxy) is 2. The first-order chi connectivity index (χ1) is 19.1. The van der Waals surface area contributed by atoms with Crippen molar-refractivity contribution in [1.29, 1.82) is 0 Å². The average Bonchev–Trinajstić information content (AvgIpc) is 3.60. The predicted molar refractivity (Wildman–Crippen MR) is 156 cm³/mol. The van der Waals surface area contributed by atoms with Gasteiger partial charge in [0.05, 0.1) is 18.2 Å². The number of pyridine rings is 1. The van der Waals surface area contributed by atoms with E-state index in [1.54, 1.807) is 0 Å². The van der Waals surface area contributed by atoms with Crippen molar-refractivity contribution in [2.24, 2.45) is 0 Å². The molecule has 40 heavy (non-hydrogen) atoms. The third kappa shape index (κ3) is 5.95. The number of hydrogen-bond acceptors (Lipinski definition) is 7. The maximum absolute atomic E-state index is 13.8. The molecule has 2 aromatic carbocycles. The van der Waals surface area contributed by atoms with Gasteiger partial charge in [0.15, 0.2) is 5.82 Å². The van der Waals surface area contributed by atoms with Gasteiger partial charge in [0.1, 0.15) is 11.8 Å². The van der Waals surface area contributed by atoms with Crippen LogP contribution in [-0.2, 0) is 16.8 Å². The third-order valence-electron chi connectivity index (χ3n) is 7.60. The Hall–Kier alpha value is -3.56. The molecule has 2 atom stereocenters. The van der Waals surface area contributed by atoms with Crippen molar-refractivity contribution in [3.05, 3.63) is 80.9 Å². The largest absolute Gasteiger partial charge is 0.494 e. The fraction of sp³-hybridized carbons (Fsp3) is 0.484. The first-order valence-corrected chi connectivity index (χ1v) is 14.1. The Morgan fingerprint density at radius 2 is 1.90 bits per heavy atom. The van der Waals surface area contributed by atoms with Crippen LogP contribution >= 0.6 is 0 Å². The average molecular weight is 545 g/mol. The van der Waals surface area contributed by atoms with Crippen LogP contribution in [0.1, 0.15) is 74.7 Å². The molecule has 4 aromatic rings. The Morgan fingerprint density at radius 1 is 1.15 bits per heavy atom. The first kappa shape index (κ1) is 28.0. The fourth-order valence-corrected chi connectivity index (χ4v) is 5.44. The van der Waals surface area contributed by atoms with Gasteiger partial charge in [0.25, 0.3) is 5.56 Å². The van der Waals surface area contributed by atoms with E-state index >= 15 is 0 Å². The second-order valence-electron chi connectivity index (χ2n) is 11.7. The summed E-state index contributed by atoms with van der Waals surface area (Å²) >= 11 is 0. The summed E-state index contributed by atoms with van der Waals surface area (Å²) < 4.78 is 13.6. The predicted octanol–water partition coefficient (Wildman–Crippen LogP) is 5.06. The number of nitrogens with zero attached hydrogens (tertiary/aromatic N) is 5. The minimum atomic E-state index is -0.500. The number of rotatable bonds is 9. The van der Waals surface area contributed by atoms with E-state index < -0.39 is 6.04 Å². The zero-order valence-corrected chi connectivity index (χ0v) is 24.4. The normalized spacial score (nSPS) is 16.6. The van der Waals surface area contributed by atoms with Crippen LogP contribution in [0.25, 0.3) is 10.9 Å². The van der Waals surface area contributed by atoms with Crippen LogP contribution in [0.15, 0.2) is 47.3 Å². The summed E-state index contributed by atoms with van der Waals surface area (Å²) in [6.07, 6.45) is 2.07. The molecule has 1 aliphatic heterocycles. The van der Waals surface area contributed by atoms with Crippen molar-refractivity contribution in [3.8, 4) is 5.75 Å². The maximum Gasteiger partial charge on any atom is 0.253 e. The SMILES string of the molecule is CCOc1ccc(CN(C[C@@H]2CCCO2)[C@H](c2cc3cc(C)c(C)cc3[nH]c2=O)c2nnnn2C(C)(C)C)cc1. The van der Waals surface area contributed by atoms with E-state index in [1.807, 2.05) is 35.9 Å². The standard InChI is InChI=1S/C31H40N6O3/c1-7-39-24-12-10-22(11-13-24)18-36(19-25-9-8-14-40-25)28(29-33-34-35-37(29)31(4,5)6)26-17-23-15-20(2)21(3)16-27(23)32-30(26)38/h10-13,15-17,25,28H,7-9,14,18-19H2,1-6H3,(H,32,38)/t25-,28+/m0/s1. The summed E-state index contributed by atoms with van der Waals surface area (Å²) in [4.78, 5) is 19.3. The Labute approximate surface area is 235 Å². The van der Waals surface area contributed by atoms with E-state index in [4.69, 9.17) is 9.47 Å². The lowest BCUT2D eigenvalue weighted by atomic mass is 9.99. The van der Waals surface area contributed by atoms with Crippen molar-refractivity contribution < 1.29 is 9.47 Å². The monoisotopic (exact) mass is 544 g/mol. The molecule has 0 bridgehead atoms. The van der Waals surface area contributed by atoms with Crippen molar-refractivity contribution in [1.82, 2.24) is 30.1 Å². The fourth-order valence-electron chi connectivity index (χ4n) is 5.44. The summed E-state index contributed by atoms with van der Waals surface area (Å²) in [5.41, 5.74) is 4.32. The molecule has 9 heteroatoms. The molecule has 1 saturated heterocycles. The molecule has 1 fully saturated rings. The van der Waals surface area contributed by atoms with Crippen LogP contribution < -0.4 is 10.3 Å². The Kier molecular flexibility index (Phi) is 8.05. The quantitative estimate of drug-likeness (QED) is 0.315. The summed E-state index contributed by atoms with van der Waals surface area (Å²) in [5.74, 6) is 1.46. The molecular weight excluding hydrogens is 504 g/mol. The summed E-state index contributed by atoms with van der Waals surface area (Å²) in [6.45, 7) is 14.9. The molecular formula is C31H40N6O3. The molecule has 0 spiro atoms. The van der Waals surface area contributed by atoms with Gasteiger partial charge >= 0.3 is 0 Å². The van der Waals surface area contributed by atoms with Crippen LogP contribution in [0.3, 0.4) is 0 Å². The van der Waals surface area contributed by atoms with Gasteiger partial charge in [-0.25, -0.2) is 4.68 Å². The molecule has 0 saturated carbocycles. The molecule has 0 radical (unpaired) electrons. The van der Waals surface area contributed by atoms with Gasteiger partial charge in [-0.05, 0) is 117 Å². The number of aromatic amines is 1. The van der Waals surface area contributed by atoms with E-state index in [9.17, 15) is 4.79 Å². The lowest BCUT2D eigenvalue weighted by Gasteiger charge is -2.34. The lowest BCUT2D eigenvalue weighted by Crippen LogP contribution is -2.40. The smallest absolute Gasteiger partial charge is 0.253 e. The van der Waals surface area contributed by atoms with Gasteiger partial charge in [-0.2, -0.15) is 0 Å². The van der Waals surface area contributed by atoms with Crippen molar-refractivity contribution in [2.75, 3.05) is 19.8 Å². The zero-order valence-electron chi connectivity index (χ0n) is 24.4. The Bertz CT molecular complexity index is 1510. The minimum Gasteiger partial charge on any atom is -0.494 e. The highest BCUT2D eigenvalue weighted by Crippen LogP contribution is 2.32. The first-order valence-electron chi connectivity index (χ1n) is 14.1. The van der Waals surface area contributed by atoms with Crippen LogP contribution in [0.4, 0.5) is 0 Å². The third-order valence-corrected chi connectivity index (χ3v) is 7.60. The van der Waals surface area contributed by atoms with Gasteiger partial charge in [-0.1, -0.05) is 12.1 Å². The Morgan fingerprint density at radius 3 is 2.58 bits per heavy atom. The molecule has 9 nitrogen and oxygen atoms in total. The van der Waals surface area contributed by atoms with Crippen molar-refractivity contribution in [2.45, 2.75) is 78.6 Å². The van der Waals surface area contributed by atoms with Crippen molar-refractivity contribution >= 4 is 10.9 Å². The number of aromatic nitrogens is 5. The van der Waals surface area contributed by atoms with Gasteiger partial charge < -0.3 is 14.5 Å². The van der Waals surface area contributed by atoms with Gasteiger partial charge in [-0.15, -0.1) is 5.10 Å². The Balaban J connectivity index is 1.67. The highest BCUT2D eigenvalue weighted by molar-refractivity contribution is 5.81. The molecule has 0 unspecified atom stereocenters. The number of nitrogens with one attached hydrogen (secondary N) is 1. The molecule has 1 aliphatic rings. The lowest BCUT2D eigenvalue weighted by molar-refractivity contribution is 0.0564.